The Morgan fingerprint density at radius 2 is 2.05 bits per heavy atom. The number of aromatic nitrogens is 1. The van der Waals surface area contributed by atoms with Crippen molar-refractivity contribution < 1.29 is 4.92 Å². The van der Waals surface area contributed by atoms with Gasteiger partial charge in [0.25, 0.3) is 5.69 Å². The normalized spacial score (nSPS) is 10.6. The minimum absolute atomic E-state index is 0.0302. The van der Waals surface area contributed by atoms with Crippen molar-refractivity contribution in [1.29, 1.82) is 0 Å². The second kappa shape index (κ2) is 6.86. The van der Waals surface area contributed by atoms with Crippen LogP contribution in [0, 0.1) is 10.1 Å². The molecular formula is C11H20N6O2. The Labute approximate surface area is 112 Å². The highest BCUT2D eigenvalue weighted by atomic mass is 16.6. The topological polar surface area (TPSA) is 101 Å². The van der Waals surface area contributed by atoms with Crippen molar-refractivity contribution in [2.75, 3.05) is 44.6 Å². The zero-order valence-electron chi connectivity index (χ0n) is 11.5. The van der Waals surface area contributed by atoms with Crippen molar-refractivity contribution >= 4 is 17.3 Å². The quantitative estimate of drug-likeness (QED) is 0.425. The highest BCUT2D eigenvalue weighted by Gasteiger charge is 2.13. The van der Waals surface area contributed by atoms with Gasteiger partial charge < -0.3 is 15.2 Å². The van der Waals surface area contributed by atoms with Crippen molar-refractivity contribution in [3.63, 3.8) is 0 Å². The number of pyridine rings is 1. The highest BCUT2D eigenvalue weighted by molar-refractivity contribution is 5.55. The Balaban J connectivity index is 2.80. The lowest BCUT2D eigenvalue weighted by atomic mass is 10.3. The van der Waals surface area contributed by atoms with E-state index in [9.17, 15) is 10.1 Å². The molecule has 0 fully saturated rings. The summed E-state index contributed by atoms with van der Waals surface area (Å²) in [5.41, 5.74) is 2.31. The van der Waals surface area contributed by atoms with E-state index < -0.39 is 4.92 Å². The van der Waals surface area contributed by atoms with Crippen LogP contribution in [0.4, 0.5) is 17.3 Å². The fourth-order valence-corrected chi connectivity index (χ4v) is 1.62. The second-order valence-corrected chi connectivity index (χ2v) is 4.55. The lowest BCUT2D eigenvalue weighted by Gasteiger charge is -2.19. The molecule has 0 amide bonds. The van der Waals surface area contributed by atoms with Crippen molar-refractivity contribution in [3.8, 4) is 0 Å². The maximum Gasteiger partial charge on any atom is 0.276 e. The van der Waals surface area contributed by atoms with Gasteiger partial charge in [0.1, 0.15) is 11.6 Å². The van der Waals surface area contributed by atoms with E-state index in [1.807, 2.05) is 26.0 Å². The first-order chi connectivity index (χ1) is 8.93. The van der Waals surface area contributed by atoms with Crippen LogP contribution >= 0.6 is 0 Å². The Kier molecular flexibility index (Phi) is 5.46. The van der Waals surface area contributed by atoms with Crippen LogP contribution in [-0.4, -0.2) is 49.0 Å². The predicted molar refractivity (Wildman–Crippen MR) is 75.1 cm³/mol. The van der Waals surface area contributed by atoms with Gasteiger partial charge in [0.2, 0.25) is 0 Å². The van der Waals surface area contributed by atoms with Crippen LogP contribution in [-0.2, 0) is 0 Å². The molecule has 0 saturated carbocycles. The standard InChI is InChI=1S/C11H20N6O2/c1-15(2)5-4-6-16(3)11-8-9(17(18)19)7-10(13-11)14-12/h7-8H,4-6,12H2,1-3H3,(H,13,14). The third-order valence-corrected chi connectivity index (χ3v) is 2.65. The van der Waals surface area contributed by atoms with E-state index in [1.165, 1.54) is 12.1 Å². The largest absolute Gasteiger partial charge is 0.359 e. The summed E-state index contributed by atoms with van der Waals surface area (Å²) in [6.45, 7) is 1.71. The lowest BCUT2D eigenvalue weighted by Crippen LogP contribution is -2.24. The fourth-order valence-electron chi connectivity index (χ4n) is 1.62. The number of nitrogens with zero attached hydrogens (tertiary/aromatic N) is 4. The van der Waals surface area contributed by atoms with E-state index in [1.54, 1.807) is 0 Å². The van der Waals surface area contributed by atoms with E-state index in [-0.39, 0.29) is 11.5 Å². The fraction of sp³-hybridized carbons (Fsp3) is 0.545. The van der Waals surface area contributed by atoms with E-state index in [2.05, 4.69) is 15.3 Å². The van der Waals surface area contributed by atoms with Crippen molar-refractivity contribution in [2.24, 2.45) is 5.84 Å². The molecule has 0 saturated heterocycles. The van der Waals surface area contributed by atoms with Gasteiger partial charge >= 0.3 is 0 Å². The summed E-state index contributed by atoms with van der Waals surface area (Å²) >= 11 is 0. The zero-order chi connectivity index (χ0) is 14.4. The number of rotatable bonds is 7. The molecule has 0 spiro atoms. The minimum atomic E-state index is -0.459. The van der Waals surface area contributed by atoms with Crippen molar-refractivity contribution in [1.82, 2.24) is 9.88 Å². The number of nitrogens with two attached hydrogens (primary N) is 1. The maximum absolute atomic E-state index is 10.8. The van der Waals surface area contributed by atoms with E-state index in [4.69, 9.17) is 5.84 Å². The summed E-state index contributed by atoms with van der Waals surface area (Å²) < 4.78 is 0. The number of anilines is 2. The molecule has 19 heavy (non-hydrogen) atoms. The molecule has 0 aliphatic rings. The molecule has 8 heteroatoms. The number of hydrogen-bond donors (Lipinski definition) is 2. The first-order valence-corrected chi connectivity index (χ1v) is 5.93. The minimum Gasteiger partial charge on any atom is -0.359 e. The molecule has 0 aliphatic carbocycles. The summed E-state index contributed by atoms with van der Waals surface area (Å²) in [4.78, 5) is 18.5. The average Bonchev–Trinajstić information content (AvgIpc) is 2.37. The van der Waals surface area contributed by atoms with Gasteiger partial charge in [0.15, 0.2) is 0 Å². The molecule has 106 valence electrons. The molecule has 0 bridgehead atoms. The summed E-state index contributed by atoms with van der Waals surface area (Å²) in [7, 11) is 5.85. The maximum atomic E-state index is 10.8. The number of nitro groups is 1. The van der Waals surface area contributed by atoms with Crippen LogP contribution in [0.15, 0.2) is 12.1 Å². The van der Waals surface area contributed by atoms with Gasteiger partial charge in [-0.15, -0.1) is 0 Å². The number of nitrogen functional groups attached to an aromatic ring is 1. The van der Waals surface area contributed by atoms with Crippen LogP contribution in [0.3, 0.4) is 0 Å². The Morgan fingerprint density at radius 1 is 1.37 bits per heavy atom. The van der Waals surface area contributed by atoms with Crippen LogP contribution in [0.1, 0.15) is 6.42 Å². The number of hydrogen-bond acceptors (Lipinski definition) is 7. The molecule has 3 N–H and O–H groups in total. The molecule has 0 aromatic carbocycles. The van der Waals surface area contributed by atoms with Gasteiger partial charge in [-0.2, -0.15) is 0 Å². The summed E-state index contributed by atoms with van der Waals surface area (Å²) in [5, 5.41) is 10.8. The molecule has 0 atom stereocenters. The van der Waals surface area contributed by atoms with E-state index >= 15 is 0 Å². The van der Waals surface area contributed by atoms with Gasteiger partial charge in [-0.05, 0) is 27.1 Å². The Hall–Kier alpha value is -1.93. The van der Waals surface area contributed by atoms with Gasteiger partial charge in [-0.1, -0.05) is 0 Å². The van der Waals surface area contributed by atoms with Crippen LogP contribution in [0.5, 0.6) is 0 Å². The second-order valence-electron chi connectivity index (χ2n) is 4.55. The first kappa shape index (κ1) is 15.1. The number of hydrazine groups is 1. The molecule has 1 aromatic heterocycles. The molecule has 1 heterocycles. The van der Waals surface area contributed by atoms with Crippen LogP contribution in [0.25, 0.3) is 0 Å². The molecule has 0 aliphatic heterocycles. The third kappa shape index (κ3) is 4.68. The first-order valence-electron chi connectivity index (χ1n) is 5.93. The molecule has 1 aromatic rings. The SMILES string of the molecule is CN(C)CCCN(C)c1cc([N+](=O)[O-])cc(NN)n1. The lowest BCUT2D eigenvalue weighted by molar-refractivity contribution is -0.384. The summed E-state index contributed by atoms with van der Waals surface area (Å²) in [6.07, 6.45) is 0.944. The molecule has 8 nitrogen and oxygen atoms in total. The summed E-state index contributed by atoms with van der Waals surface area (Å²) in [6, 6.07) is 2.74. The van der Waals surface area contributed by atoms with Crippen molar-refractivity contribution in [3.05, 3.63) is 22.2 Å². The monoisotopic (exact) mass is 268 g/mol. The van der Waals surface area contributed by atoms with Crippen molar-refractivity contribution in [2.45, 2.75) is 6.42 Å². The Morgan fingerprint density at radius 3 is 2.58 bits per heavy atom. The zero-order valence-corrected chi connectivity index (χ0v) is 11.5. The Bertz CT molecular complexity index is 437. The van der Waals surface area contributed by atoms with Crippen LogP contribution in [0.2, 0.25) is 0 Å². The van der Waals surface area contributed by atoms with E-state index in [0.29, 0.717) is 5.82 Å². The highest BCUT2D eigenvalue weighted by Crippen LogP contribution is 2.22. The van der Waals surface area contributed by atoms with Gasteiger partial charge in [0.05, 0.1) is 17.1 Å². The van der Waals surface area contributed by atoms with Gasteiger partial charge in [0, 0.05) is 13.6 Å². The third-order valence-electron chi connectivity index (χ3n) is 2.65. The van der Waals surface area contributed by atoms with Gasteiger partial charge in [-0.3, -0.25) is 10.1 Å². The summed E-state index contributed by atoms with van der Waals surface area (Å²) in [5.74, 6) is 6.08. The van der Waals surface area contributed by atoms with Gasteiger partial charge in [-0.25, -0.2) is 10.8 Å². The molecule has 0 radical (unpaired) electrons. The average molecular weight is 268 g/mol. The van der Waals surface area contributed by atoms with Crippen LogP contribution < -0.4 is 16.2 Å². The van der Waals surface area contributed by atoms with E-state index in [0.717, 1.165) is 19.5 Å². The predicted octanol–water partition coefficient (Wildman–Crippen LogP) is 0.663. The molecular weight excluding hydrogens is 248 g/mol. The molecule has 1 rings (SSSR count). The molecule has 0 unspecified atom stereocenters. The smallest absolute Gasteiger partial charge is 0.276 e. The number of nitrogens with one attached hydrogen (secondary N) is 1.